The van der Waals surface area contributed by atoms with Gasteiger partial charge >= 0.3 is 0 Å². The maximum Gasteiger partial charge on any atom is 0.255 e. The van der Waals surface area contributed by atoms with Crippen LogP contribution in [0, 0.1) is 5.92 Å². The number of carbonyl (C=O) groups excluding carboxylic acids is 1. The van der Waals surface area contributed by atoms with Crippen molar-refractivity contribution in [2.24, 2.45) is 5.92 Å². The minimum absolute atomic E-state index is 0.0214. The molecule has 1 rings (SSSR count). The average Bonchev–Trinajstić information content (AvgIpc) is 2.27. The van der Waals surface area contributed by atoms with E-state index in [1.165, 1.54) is 6.07 Å². The van der Waals surface area contributed by atoms with Crippen LogP contribution in [-0.4, -0.2) is 22.9 Å². The number of carbonyl (C=O) groups is 1. The number of halogens is 1. The van der Waals surface area contributed by atoms with E-state index in [1.54, 1.807) is 18.2 Å². The van der Waals surface area contributed by atoms with Crippen LogP contribution in [0.4, 0.5) is 0 Å². The quantitative estimate of drug-likeness (QED) is 0.817. The number of benzene rings is 1. The van der Waals surface area contributed by atoms with E-state index in [1.807, 2.05) is 0 Å². The third-order valence-electron chi connectivity index (χ3n) is 2.36. The molecule has 0 bridgehead atoms. The van der Waals surface area contributed by atoms with E-state index in [0.29, 0.717) is 18.0 Å². The first kappa shape index (κ1) is 13.0. The topological polar surface area (TPSA) is 49.3 Å². The molecule has 0 aliphatic rings. The van der Waals surface area contributed by atoms with Gasteiger partial charge in [0.15, 0.2) is 0 Å². The summed E-state index contributed by atoms with van der Waals surface area (Å²) in [5.41, 5.74) is 0.327. The van der Waals surface area contributed by atoms with E-state index in [-0.39, 0.29) is 11.7 Å². The number of hydrogen-bond acceptors (Lipinski definition) is 2. The van der Waals surface area contributed by atoms with E-state index in [9.17, 15) is 9.90 Å². The molecule has 3 nitrogen and oxygen atoms in total. The van der Waals surface area contributed by atoms with Crippen molar-refractivity contribution in [3.8, 4) is 5.75 Å². The third kappa shape index (κ3) is 3.85. The Balaban J connectivity index is 2.50. The molecular formula is C12H16BrNO2. The summed E-state index contributed by atoms with van der Waals surface area (Å²) in [5, 5.41) is 13.2. The number of alkyl halides is 1. The van der Waals surface area contributed by atoms with Gasteiger partial charge in [0, 0.05) is 11.9 Å². The zero-order chi connectivity index (χ0) is 12.0. The van der Waals surface area contributed by atoms with Crippen LogP contribution in [0.15, 0.2) is 24.3 Å². The molecule has 0 aromatic heterocycles. The summed E-state index contributed by atoms with van der Waals surface area (Å²) in [6.07, 6.45) is 1.01. The van der Waals surface area contributed by atoms with Gasteiger partial charge in [0.25, 0.3) is 5.91 Å². The molecule has 0 aliphatic heterocycles. The highest BCUT2D eigenvalue weighted by atomic mass is 79.9. The predicted octanol–water partition coefficient (Wildman–Crippen LogP) is 2.54. The van der Waals surface area contributed by atoms with Crippen molar-refractivity contribution in [2.45, 2.75) is 13.3 Å². The highest BCUT2D eigenvalue weighted by molar-refractivity contribution is 9.09. The first-order chi connectivity index (χ1) is 7.65. The molecule has 88 valence electrons. The van der Waals surface area contributed by atoms with Crippen molar-refractivity contribution in [3.63, 3.8) is 0 Å². The maximum atomic E-state index is 11.7. The van der Waals surface area contributed by atoms with Crippen LogP contribution < -0.4 is 5.32 Å². The van der Waals surface area contributed by atoms with Gasteiger partial charge in [0.05, 0.1) is 5.56 Å². The van der Waals surface area contributed by atoms with Gasteiger partial charge in [-0.2, -0.15) is 0 Å². The third-order valence-corrected chi connectivity index (χ3v) is 2.82. The van der Waals surface area contributed by atoms with E-state index in [0.717, 1.165) is 11.8 Å². The Kier molecular flexibility index (Phi) is 5.32. The molecule has 0 radical (unpaired) electrons. The smallest absolute Gasteiger partial charge is 0.255 e. The Morgan fingerprint density at radius 1 is 1.50 bits per heavy atom. The average molecular weight is 286 g/mol. The standard InChI is InChI=1S/C12H16BrNO2/c1-9(6-7-13)8-14-12(16)10-4-2-3-5-11(10)15/h2-5,9,15H,6-8H2,1H3,(H,14,16). The molecule has 0 saturated heterocycles. The molecule has 4 heteroatoms. The van der Waals surface area contributed by atoms with Gasteiger partial charge in [-0.15, -0.1) is 0 Å². The number of hydrogen-bond donors (Lipinski definition) is 2. The zero-order valence-corrected chi connectivity index (χ0v) is 10.8. The second kappa shape index (κ2) is 6.53. The molecule has 1 aromatic rings. The number of phenols is 1. The summed E-state index contributed by atoms with van der Waals surface area (Å²) in [5.74, 6) is 0.224. The van der Waals surface area contributed by atoms with E-state index >= 15 is 0 Å². The van der Waals surface area contributed by atoms with Crippen molar-refractivity contribution >= 4 is 21.8 Å². The largest absolute Gasteiger partial charge is 0.507 e. The summed E-state index contributed by atoms with van der Waals surface area (Å²) in [4.78, 5) is 11.7. The Labute approximate surface area is 104 Å². The normalized spacial score (nSPS) is 12.1. The molecule has 1 aromatic carbocycles. The lowest BCUT2D eigenvalue weighted by molar-refractivity contribution is 0.0945. The number of phenolic OH excluding ortho intramolecular Hbond substituents is 1. The highest BCUT2D eigenvalue weighted by Gasteiger charge is 2.10. The molecule has 1 amide bonds. The van der Waals surface area contributed by atoms with Gasteiger partial charge in [0.2, 0.25) is 0 Å². The van der Waals surface area contributed by atoms with Gasteiger partial charge in [-0.25, -0.2) is 0 Å². The SMILES string of the molecule is CC(CCBr)CNC(=O)c1ccccc1O. The van der Waals surface area contributed by atoms with E-state index < -0.39 is 0 Å². The summed E-state index contributed by atoms with van der Waals surface area (Å²) < 4.78 is 0. The Bertz CT molecular complexity index is 355. The second-order valence-electron chi connectivity index (χ2n) is 3.81. The molecule has 0 spiro atoms. The summed E-state index contributed by atoms with van der Waals surface area (Å²) in [7, 11) is 0. The van der Waals surface area contributed by atoms with Gasteiger partial charge in [0.1, 0.15) is 5.75 Å². The minimum atomic E-state index is -0.223. The molecule has 0 saturated carbocycles. The van der Waals surface area contributed by atoms with E-state index in [2.05, 4.69) is 28.2 Å². The summed E-state index contributed by atoms with van der Waals surface area (Å²) in [6, 6.07) is 6.55. The Morgan fingerprint density at radius 2 is 2.19 bits per heavy atom. The second-order valence-corrected chi connectivity index (χ2v) is 4.60. The van der Waals surface area contributed by atoms with Crippen molar-refractivity contribution < 1.29 is 9.90 Å². The van der Waals surface area contributed by atoms with Crippen LogP contribution in [0.3, 0.4) is 0 Å². The summed E-state index contributed by atoms with van der Waals surface area (Å²) in [6.45, 7) is 2.70. The minimum Gasteiger partial charge on any atom is -0.507 e. The fourth-order valence-electron chi connectivity index (χ4n) is 1.32. The fraction of sp³-hybridized carbons (Fsp3) is 0.417. The van der Waals surface area contributed by atoms with Gasteiger partial charge in [-0.1, -0.05) is 35.0 Å². The molecule has 0 aliphatic carbocycles. The highest BCUT2D eigenvalue weighted by Crippen LogP contribution is 2.15. The number of nitrogens with one attached hydrogen (secondary N) is 1. The van der Waals surface area contributed by atoms with Crippen molar-refractivity contribution in [2.75, 3.05) is 11.9 Å². The van der Waals surface area contributed by atoms with Crippen molar-refractivity contribution in [1.29, 1.82) is 0 Å². The van der Waals surface area contributed by atoms with Crippen molar-refractivity contribution in [1.82, 2.24) is 5.32 Å². The van der Waals surface area contributed by atoms with Gasteiger partial charge in [-0.3, -0.25) is 4.79 Å². The lowest BCUT2D eigenvalue weighted by Gasteiger charge is -2.11. The van der Waals surface area contributed by atoms with Crippen LogP contribution >= 0.6 is 15.9 Å². The monoisotopic (exact) mass is 285 g/mol. The van der Waals surface area contributed by atoms with Crippen LogP contribution in [0.5, 0.6) is 5.75 Å². The lowest BCUT2D eigenvalue weighted by Crippen LogP contribution is -2.28. The Morgan fingerprint density at radius 3 is 2.81 bits per heavy atom. The number of para-hydroxylation sites is 1. The summed E-state index contributed by atoms with van der Waals surface area (Å²) >= 11 is 3.36. The van der Waals surface area contributed by atoms with Crippen LogP contribution in [0.1, 0.15) is 23.7 Å². The first-order valence-electron chi connectivity index (χ1n) is 5.27. The lowest BCUT2D eigenvalue weighted by atomic mass is 10.1. The van der Waals surface area contributed by atoms with Crippen LogP contribution in [0.25, 0.3) is 0 Å². The molecule has 0 heterocycles. The molecule has 1 atom stereocenters. The number of amides is 1. The van der Waals surface area contributed by atoms with Crippen molar-refractivity contribution in [3.05, 3.63) is 29.8 Å². The fourth-order valence-corrected chi connectivity index (χ4v) is 2.10. The molecular weight excluding hydrogens is 270 g/mol. The zero-order valence-electron chi connectivity index (χ0n) is 9.24. The van der Waals surface area contributed by atoms with Crippen LogP contribution in [-0.2, 0) is 0 Å². The van der Waals surface area contributed by atoms with Crippen LogP contribution in [0.2, 0.25) is 0 Å². The van der Waals surface area contributed by atoms with Gasteiger partial charge in [-0.05, 0) is 24.5 Å². The molecule has 2 N–H and O–H groups in total. The number of aromatic hydroxyl groups is 1. The molecule has 16 heavy (non-hydrogen) atoms. The molecule has 0 fully saturated rings. The predicted molar refractivity (Wildman–Crippen MR) is 68.0 cm³/mol. The van der Waals surface area contributed by atoms with E-state index in [4.69, 9.17) is 0 Å². The van der Waals surface area contributed by atoms with Gasteiger partial charge < -0.3 is 10.4 Å². The maximum absolute atomic E-state index is 11.7. The Hall–Kier alpha value is -1.03. The number of rotatable bonds is 5. The molecule has 1 unspecified atom stereocenters. The first-order valence-corrected chi connectivity index (χ1v) is 6.39.